The number of halogens is 1. The fraction of sp³-hybridized carbons (Fsp3) is 0.0870. The number of nitrogens with zero attached hydrogens (tertiary/aromatic N) is 1. The molecule has 150 valence electrons. The number of fused-ring (bicyclic) bond motifs is 1. The lowest BCUT2D eigenvalue weighted by molar-refractivity contribution is 0.0974. The van der Waals surface area contributed by atoms with Gasteiger partial charge < -0.3 is 10.2 Å². The van der Waals surface area contributed by atoms with Crippen molar-refractivity contribution >= 4 is 52.1 Å². The third-order valence-electron chi connectivity index (χ3n) is 4.92. The Hall–Kier alpha value is -3.22. The molecule has 0 saturated carbocycles. The molecule has 0 bridgehead atoms. The number of hydrogen-bond acceptors (Lipinski definition) is 3. The molecular formula is C23H18ClN3O2S. The summed E-state index contributed by atoms with van der Waals surface area (Å²) in [6.45, 7) is 2.42. The Labute approximate surface area is 184 Å². The van der Waals surface area contributed by atoms with Crippen molar-refractivity contribution in [2.45, 2.75) is 13.5 Å². The van der Waals surface area contributed by atoms with Crippen LogP contribution in [0.5, 0.6) is 0 Å². The number of carbonyl (C=O) groups excluding carboxylic acids is 2. The first-order valence-corrected chi connectivity index (χ1v) is 10.1. The molecule has 1 aliphatic rings. The number of anilines is 2. The van der Waals surface area contributed by atoms with Crippen LogP contribution in [0.2, 0.25) is 5.02 Å². The van der Waals surface area contributed by atoms with Crippen molar-refractivity contribution in [3.05, 3.63) is 94.0 Å². The maximum Gasteiger partial charge on any atom is 0.258 e. The van der Waals surface area contributed by atoms with Gasteiger partial charge in [0.1, 0.15) is 0 Å². The van der Waals surface area contributed by atoms with Gasteiger partial charge in [-0.25, -0.2) is 0 Å². The molecule has 3 aromatic rings. The fourth-order valence-corrected chi connectivity index (χ4v) is 3.65. The van der Waals surface area contributed by atoms with Gasteiger partial charge in [-0.2, -0.15) is 0 Å². The highest BCUT2D eigenvalue weighted by molar-refractivity contribution is 7.80. The summed E-state index contributed by atoms with van der Waals surface area (Å²) >= 11 is 11.3. The highest BCUT2D eigenvalue weighted by Gasteiger charge is 2.27. The molecule has 2 N–H and O–H groups in total. The number of hydrogen-bond donors (Lipinski definition) is 2. The Kier molecular flexibility index (Phi) is 5.53. The monoisotopic (exact) mass is 435 g/mol. The maximum atomic E-state index is 12.6. The molecule has 2 amide bonds. The highest BCUT2D eigenvalue weighted by Crippen LogP contribution is 2.28. The molecule has 0 fully saturated rings. The van der Waals surface area contributed by atoms with Gasteiger partial charge in [0.05, 0.1) is 6.54 Å². The van der Waals surface area contributed by atoms with Crippen molar-refractivity contribution in [3.63, 3.8) is 0 Å². The first-order valence-electron chi connectivity index (χ1n) is 9.31. The molecule has 0 unspecified atom stereocenters. The van der Waals surface area contributed by atoms with E-state index < -0.39 is 0 Å². The van der Waals surface area contributed by atoms with E-state index in [1.165, 1.54) is 0 Å². The minimum atomic E-state index is -0.341. The first-order chi connectivity index (χ1) is 14.4. The van der Waals surface area contributed by atoms with Crippen LogP contribution in [0.3, 0.4) is 0 Å². The van der Waals surface area contributed by atoms with Gasteiger partial charge in [0.2, 0.25) is 0 Å². The topological polar surface area (TPSA) is 61.4 Å². The third-order valence-corrected chi connectivity index (χ3v) is 5.53. The second-order valence-corrected chi connectivity index (χ2v) is 7.78. The summed E-state index contributed by atoms with van der Waals surface area (Å²) in [5.41, 5.74) is 4.58. The van der Waals surface area contributed by atoms with Gasteiger partial charge in [-0.3, -0.25) is 14.9 Å². The van der Waals surface area contributed by atoms with Crippen LogP contribution >= 0.6 is 23.8 Å². The van der Waals surface area contributed by atoms with Crippen molar-refractivity contribution in [2.24, 2.45) is 0 Å². The van der Waals surface area contributed by atoms with E-state index >= 15 is 0 Å². The van der Waals surface area contributed by atoms with Crippen molar-refractivity contribution < 1.29 is 9.59 Å². The molecule has 0 aliphatic carbocycles. The summed E-state index contributed by atoms with van der Waals surface area (Å²) < 4.78 is 0. The Morgan fingerprint density at radius 1 is 1.07 bits per heavy atom. The molecule has 30 heavy (non-hydrogen) atoms. The Morgan fingerprint density at radius 2 is 1.80 bits per heavy atom. The number of benzene rings is 3. The maximum absolute atomic E-state index is 12.6. The average Bonchev–Trinajstić information content (AvgIpc) is 3.07. The van der Waals surface area contributed by atoms with Crippen LogP contribution < -0.4 is 15.5 Å². The summed E-state index contributed by atoms with van der Waals surface area (Å²) in [4.78, 5) is 26.7. The fourth-order valence-electron chi connectivity index (χ4n) is 3.26. The lowest BCUT2D eigenvalue weighted by Crippen LogP contribution is -2.34. The van der Waals surface area contributed by atoms with Crippen LogP contribution in [0.25, 0.3) is 0 Å². The molecule has 3 aromatic carbocycles. The van der Waals surface area contributed by atoms with Crippen LogP contribution in [-0.2, 0) is 6.54 Å². The van der Waals surface area contributed by atoms with Crippen LogP contribution in [0.15, 0.2) is 66.7 Å². The molecule has 5 nitrogen and oxygen atoms in total. The number of carbonyl (C=O) groups is 2. The molecule has 0 radical (unpaired) electrons. The normalized spacial score (nSPS) is 12.5. The van der Waals surface area contributed by atoms with E-state index in [0.29, 0.717) is 22.8 Å². The lowest BCUT2D eigenvalue weighted by atomic mass is 10.1. The Morgan fingerprint density at radius 3 is 2.50 bits per heavy atom. The van der Waals surface area contributed by atoms with Crippen LogP contribution in [0.4, 0.5) is 11.4 Å². The lowest BCUT2D eigenvalue weighted by Gasteiger charge is -2.16. The quantitative estimate of drug-likeness (QED) is 0.572. The molecule has 0 aromatic heterocycles. The number of amides is 2. The summed E-state index contributed by atoms with van der Waals surface area (Å²) in [7, 11) is 0. The summed E-state index contributed by atoms with van der Waals surface area (Å²) in [6, 6.07) is 20.0. The van der Waals surface area contributed by atoms with Crippen molar-refractivity contribution in [3.8, 4) is 0 Å². The summed E-state index contributed by atoms with van der Waals surface area (Å²) in [5.74, 6) is -0.350. The zero-order chi connectivity index (χ0) is 21.3. The SMILES string of the molecule is Cc1ccc(C(=O)NC(=S)Nc2ccc(N3Cc4ccccc4C3=O)cc2)cc1Cl. The van der Waals surface area contributed by atoms with Gasteiger partial charge in [-0.1, -0.05) is 35.9 Å². The smallest absolute Gasteiger partial charge is 0.258 e. The summed E-state index contributed by atoms with van der Waals surface area (Å²) in [6.07, 6.45) is 0. The van der Waals surface area contributed by atoms with Crippen molar-refractivity contribution in [1.82, 2.24) is 5.32 Å². The number of rotatable bonds is 3. The number of thiocarbonyl (C=S) groups is 1. The van der Waals surface area contributed by atoms with Crippen LogP contribution in [0, 0.1) is 6.92 Å². The van der Waals surface area contributed by atoms with E-state index in [2.05, 4.69) is 10.6 Å². The van der Waals surface area contributed by atoms with E-state index in [9.17, 15) is 9.59 Å². The molecular weight excluding hydrogens is 418 g/mol. The van der Waals surface area contributed by atoms with Gasteiger partial charge >= 0.3 is 0 Å². The van der Waals surface area contributed by atoms with Crippen LogP contribution in [-0.4, -0.2) is 16.9 Å². The third kappa shape index (κ3) is 4.06. The van der Waals surface area contributed by atoms with Gasteiger partial charge in [0.25, 0.3) is 11.8 Å². The Bertz CT molecular complexity index is 1160. The van der Waals surface area contributed by atoms with Gasteiger partial charge in [0.15, 0.2) is 5.11 Å². The Balaban J connectivity index is 1.39. The minimum absolute atomic E-state index is 0.00847. The predicted molar refractivity (Wildman–Crippen MR) is 123 cm³/mol. The highest BCUT2D eigenvalue weighted by atomic mass is 35.5. The molecule has 1 aliphatic heterocycles. The first kappa shape index (κ1) is 20.1. The van der Waals surface area contributed by atoms with E-state index in [1.807, 2.05) is 55.5 Å². The average molecular weight is 436 g/mol. The number of nitrogens with one attached hydrogen (secondary N) is 2. The molecule has 1 heterocycles. The summed E-state index contributed by atoms with van der Waals surface area (Å²) in [5, 5.41) is 6.31. The second-order valence-electron chi connectivity index (χ2n) is 6.97. The van der Waals surface area contributed by atoms with Gasteiger partial charge in [-0.15, -0.1) is 0 Å². The van der Waals surface area contributed by atoms with E-state index in [0.717, 1.165) is 22.4 Å². The van der Waals surface area contributed by atoms with Gasteiger partial charge in [-0.05, 0) is 72.7 Å². The minimum Gasteiger partial charge on any atom is -0.332 e. The predicted octanol–water partition coefficient (Wildman–Crippen LogP) is 4.94. The molecule has 0 saturated heterocycles. The molecule has 4 rings (SSSR count). The zero-order valence-electron chi connectivity index (χ0n) is 16.1. The molecule has 0 spiro atoms. The standard InChI is InChI=1S/C23H18ClN3O2S/c1-14-6-7-15(12-20(14)24)21(28)26-23(30)25-17-8-10-18(11-9-17)27-13-16-4-2-3-5-19(16)22(27)29/h2-12H,13H2,1H3,(H2,25,26,28,30). The number of aryl methyl sites for hydroxylation is 1. The second kappa shape index (κ2) is 8.26. The van der Waals surface area contributed by atoms with E-state index in [4.69, 9.17) is 23.8 Å². The molecule has 0 atom stereocenters. The van der Waals surface area contributed by atoms with Crippen molar-refractivity contribution in [2.75, 3.05) is 10.2 Å². The van der Waals surface area contributed by atoms with Crippen molar-refractivity contribution in [1.29, 1.82) is 0 Å². The molecule has 7 heteroatoms. The van der Waals surface area contributed by atoms with E-state index in [-0.39, 0.29) is 16.9 Å². The van der Waals surface area contributed by atoms with Crippen LogP contribution in [0.1, 0.15) is 31.8 Å². The zero-order valence-corrected chi connectivity index (χ0v) is 17.7. The largest absolute Gasteiger partial charge is 0.332 e. The van der Waals surface area contributed by atoms with E-state index in [1.54, 1.807) is 23.1 Å². The van der Waals surface area contributed by atoms with Gasteiger partial charge in [0, 0.05) is 27.5 Å².